The van der Waals surface area contributed by atoms with Crippen molar-refractivity contribution in [2.45, 2.75) is 11.3 Å². The zero-order valence-electron chi connectivity index (χ0n) is 7.83. The van der Waals surface area contributed by atoms with Crippen molar-refractivity contribution in [1.82, 2.24) is 5.32 Å². The molecule has 0 amide bonds. The third-order valence-corrected chi connectivity index (χ3v) is 2.66. The molecule has 0 atom stereocenters. The van der Waals surface area contributed by atoms with Gasteiger partial charge >= 0.3 is 10.2 Å². The van der Waals surface area contributed by atoms with Gasteiger partial charge in [-0.2, -0.15) is 8.42 Å². The van der Waals surface area contributed by atoms with E-state index in [1.807, 2.05) is 0 Å². The first kappa shape index (κ1) is 11.1. The number of hydrogen-bond donors (Lipinski definition) is 1. The van der Waals surface area contributed by atoms with Crippen LogP contribution in [0.5, 0.6) is 0 Å². The molecule has 0 unspecified atom stereocenters. The molecule has 0 bridgehead atoms. The molecule has 0 saturated heterocycles. The van der Waals surface area contributed by atoms with E-state index in [-0.39, 0.29) is 4.90 Å². The van der Waals surface area contributed by atoms with Gasteiger partial charge in [0.1, 0.15) is 0 Å². The molecular formula is C9H12FNO2S. The van der Waals surface area contributed by atoms with Crippen LogP contribution in [0.3, 0.4) is 0 Å². The van der Waals surface area contributed by atoms with Gasteiger partial charge in [0.05, 0.1) is 4.90 Å². The van der Waals surface area contributed by atoms with Crippen molar-refractivity contribution in [3.8, 4) is 0 Å². The van der Waals surface area contributed by atoms with Crippen LogP contribution < -0.4 is 5.32 Å². The minimum absolute atomic E-state index is 0.272. The molecule has 0 spiro atoms. The fourth-order valence-electron chi connectivity index (χ4n) is 1.12. The molecule has 0 aliphatic rings. The highest BCUT2D eigenvalue weighted by molar-refractivity contribution is 7.86. The van der Waals surface area contributed by atoms with Crippen LogP contribution in [-0.2, 0) is 16.6 Å². The topological polar surface area (TPSA) is 46.2 Å². The Morgan fingerprint density at radius 3 is 2.71 bits per heavy atom. The van der Waals surface area contributed by atoms with Crippen LogP contribution in [0.15, 0.2) is 29.2 Å². The molecule has 0 saturated carbocycles. The monoisotopic (exact) mass is 217 g/mol. The molecule has 0 heterocycles. The molecule has 14 heavy (non-hydrogen) atoms. The van der Waals surface area contributed by atoms with Crippen molar-refractivity contribution in [3.63, 3.8) is 0 Å². The summed E-state index contributed by atoms with van der Waals surface area (Å²) in [4.78, 5) is -0.272. The quantitative estimate of drug-likeness (QED) is 0.768. The molecule has 78 valence electrons. The van der Waals surface area contributed by atoms with Gasteiger partial charge in [-0.15, -0.1) is 3.89 Å². The molecule has 0 aliphatic heterocycles. The Balaban J connectivity index is 2.90. The van der Waals surface area contributed by atoms with E-state index in [0.29, 0.717) is 6.42 Å². The van der Waals surface area contributed by atoms with Crippen molar-refractivity contribution < 1.29 is 12.3 Å². The van der Waals surface area contributed by atoms with Crippen molar-refractivity contribution in [1.29, 1.82) is 0 Å². The normalized spacial score (nSPS) is 11.6. The minimum atomic E-state index is -4.57. The third kappa shape index (κ3) is 3.08. The molecule has 0 aliphatic carbocycles. The van der Waals surface area contributed by atoms with Crippen LogP contribution in [0.1, 0.15) is 5.56 Å². The maximum atomic E-state index is 12.6. The minimum Gasteiger partial charge on any atom is -0.319 e. The van der Waals surface area contributed by atoms with Gasteiger partial charge in [-0.3, -0.25) is 0 Å². The van der Waals surface area contributed by atoms with Gasteiger partial charge in [0.25, 0.3) is 0 Å². The van der Waals surface area contributed by atoms with Crippen LogP contribution in [0.2, 0.25) is 0 Å². The van der Waals surface area contributed by atoms with Crippen molar-refractivity contribution in [2.24, 2.45) is 0 Å². The Morgan fingerprint density at radius 2 is 2.14 bits per heavy atom. The van der Waals surface area contributed by atoms with Gasteiger partial charge < -0.3 is 5.32 Å². The summed E-state index contributed by atoms with van der Waals surface area (Å²) in [6.45, 7) is 0.732. The van der Waals surface area contributed by atoms with E-state index < -0.39 is 10.2 Å². The number of rotatable bonds is 4. The van der Waals surface area contributed by atoms with Crippen LogP contribution in [0, 0.1) is 0 Å². The molecule has 5 heteroatoms. The first-order chi connectivity index (χ1) is 6.54. The number of nitrogens with one attached hydrogen (secondary N) is 1. The van der Waals surface area contributed by atoms with Gasteiger partial charge in [0.2, 0.25) is 0 Å². The second kappa shape index (κ2) is 4.52. The van der Waals surface area contributed by atoms with Gasteiger partial charge in [-0.1, -0.05) is 12.1 Å². The van der Waals surface area contributed by atoms with E-state index in [1.54, 1.807) is 13.1 Å². The average Bonchev–Trinajstić information content (AvgIpc) is 2.14. The van der Waals surface area contributed by atoms with E-state index in [0.717, 1.165) is 12.1 Å². The summed E-state index contributed by atoms with van der Waals surface area (Å²) in [5.74, 6) is 0. The lowest BCUT2D eigenvalue weighted by Gasteiger charge is -2.01. The highest BCUT2D eigenvalue weighted by Gasteiger charge is 2.11. The number of halogens is 1. The molecule has 0 fully saturated rings. The number of benzene rings is 1. The summed E-state index contributed by atoms with van der Waals surface area (Å²) in [6, 6.07) is 5.91. The zero-order chi connectivity index (χ0) is 10.6. The fraction of sp³-hybridized carbons (Fsp3) is 0.333. The van der Waals surface area contributed by atoms with Gasteiger partial charge in [-0.05, 0) is 37.7 Å². The second-order valence-corrected chi connectivity index (χ2v) is 4.29. The Morgan fingerprint density at radius 1 is 1.43 bits per heavy atom. The van der Waals surface area contributed by atoms with Crippen LogP contribution in [0.4, 0.5) is 3.89 Å². The lowest BCUT2D eigenvalue weighted by molar-refractivity contribution is 0.552. The Labute approximate surface area is 83.2 Å². The Kier molecular flexibility index (Phi) is 3.60. The standard InChI is InChI=1S/C9H12FNO2S/c1-11-6-5-8-3-2-4-9(7-8)14(10,12)13/h2-4,7,11H,5-6H2,1H3. The first-order valence-electron chi connectivity index (χ1n) is 4.22. The van der Waals surface area contributed by atoms with E-state index in [4.69, 9.17) is 0 Å². The average molecular weight is 217 g/mol. The van der Waals surface area contributed by atoms with Crippen LogP contribution in [0.25, 0.3) is 0 Å². The summed E-state index contributed by atoms with van der Waals surface area (Å²) in [6.07, 6.45) is 0.680. The third-order valence-electron chi connectivity index (χ3n) is 1.84. The van der Waals surface area contributed by atoms with Crippen LogP contribution >= 0.6 is 0 Å². The van der Waals surface area contributed by atoms with E-state index in [1.165, 1.54) is 18.2 Å². The summed E-state index contributed by atoms with van der Waals surface area (Å²) in [7, 11) is -2.77. The molecule has 0 radical (unpaired) electrons. The highest BCUT2D eigenvalue weighted by Crippen LogP contribution is 2.13. The summed E-state index contributed by atoms with van der Waals surface area (Å²) in [5, 5.41) is 2.93. The van der Waals surface area contributed by atoms with E-state index in [2.05, 4.69) is 5.32 Å². The van der Waals surface area contributed by atoms with Crippen LogP contribution in [-0.4, -0.2) is 22.0 Å². The molecule has 1 N–H and O–H groups in total. The Hall–Kier alpha value is -0.940. The number of hydrogen-bond acceptors (Lipinski definition) is 3. The zero-order valence-corrected chi connectivity index (χ0v) is 8.64. The summed E-state index contributed by atoms with van der Waals surface area (Å²) in [5.41, 5.74) is 0.804. The summed E-state index contributed by atoms with van der Waals surface area (Å²) >= 11 is 0. The van der Waals surface area contributed by atoms with E-state index >= 15 is 0 Å². The predicted octanol–water partition coefficient (Wildman–Crippen LogP) is 1.11. The maximum absolute atomic E-state index is 12.6. The van der Waals surface area contributed by atoms with Gasteiger partial charge in [0, 0.05) is 0 Å². The lowest BCUT2D eigenvalue weighted by Crippen LogP contribution is -2.10. The molecular weight excluding hydrogens is 205 g/mol. The van der Waals surface area contributed by atoms with Crippen molar-refractivity contribution in [2.75, 3.05) is 13.6 Å². The fourth-order valence-corrected chi connectivity index (χ4v) is 1.66. The summed E-state index contributed by atoms with van der Waals surface area (Å²) < 4.78 is 33.7. The molecule has 3 nitrogen and oxygen atoms in total. The molecule has 1 aromatic rings. The first-order valence-corrected chi connectivity index (χ1v) is 5.60. The smallest absolute Gasteiger partial charge is 0.319 e. The lowest BCUT2D eigenvalue weighted by atomic mass is 10.1. The molecule has 1 aromatic carbocycles. The number of likely N-dealkylation sites (N-methyl/N-ethyl adjacent to an activating group) is 1. The SMILES string of the molecule is CNCCc1cccc(S(=O)(=O)F)c1. The van der Waals surface area contributed by atoms with Crippen molar-refractivity contribution >= 4 is 10.2 Å². The second-order valence-electron chi connectivity index (χ2n) is 2.94. The Bertz CT molecular complexity index is 403. The predicted molar refractivity (Wildman–Crippen MR) is 52.4 cm³/mol. The highest BCUT2D eigenvalue weighted by atomic mass is 32.3. The molecule has 0 aromatic heterocycles. The maximum Gasteiger partial charge on any atom is 0.332 e. The van der Waals surface area contributed by atoms with Gasteiger partial charge in [0.15, 0.2) is 0 Å². The van der Waals surface area contributed by atoms with Gasteiger partial charge in [-0.25, -0.2) is 0 Å². The molecule has 1 rings (SSSR count). The van der Waals surface area contributed by atoms with Crippen molar-refractivity contribution in [3.05, 3.63) is 29.8 Å². The van der Waals surface area contributed by atoms with E-state index in [9.17, 15) is 12.3 Å². The largest absolute Gasteiger partial charge is 0.332 e.